The minimum Gasteiger partial charge on any atom is -0.467 e. The summed E-state index contributed by atoms with van der Waals surface area (Å²) in [6.07, 6.45) is 0.339. The van der Waals surface area contributed by atoms with Gasteiger partial charge in [0.1, 0.15) is 11.5 Å². The van der Waals surface area contributed by atoms with Crippen molar-refractivity contribution in [3.05, 3.63) is 143 Å². The first-order chi connectivity index (χ1) is 17.5. The number of ether oxygens (including phenoxy) is 1. The highest BCUT2D eigenvalue weighted by Gasteiger charge is 2.45. The molecule has 182 valence electrons. The Bertz CT molecular complexity index is 1200. The third-order valence-corrected chi connectivity index (χ3v) is 6.80. The lowest BCUT2D eigenvalue weighted by Crippen LogP contribution is -2.53. The average molecular weight is 478 g/mol. The molecule has 1 atom stereocenters. The number of carbonyl (C=O) groups excluding carboxylic acids is 2. The van der Waals surface area contributed by atoms with Crippen molar-refractivity contribution in [3.63, 3.8) is 0 Å². The maximum absolute atomic E-state index is 14.5. The van der Waals surface area contributed by atoms with E-state index in [1.54, 1.807) is 0 Å². The molecule has 4 rings (SSSR count). The number of amides is 1. The molecule has 0 radical (unpaired) electrons. The van der Waals surface area contributed by atoms with Crippen molar-refractivity contribution in [2.45, 2.75) is 31.7 Å². The number of rotatable bonds is 8. The number of aryl methyl sites for hydroxylation is 2. The molecule has 0 heterocycles. The van der Waals surface area contributed by atoms with Crippen LogP contribution in [0.4, 0.5) is 0 Å². The van der Waals surface area contributed by atoms with Gasteiger partial charge >= 0.3 is 5.97 Å². The number of nitrogens with one attached hydrogen (secondary N) is 1. The quantitative estimate of drug-likeness (QED) is 0.268. The molecule has 0 spiro atoms. The minimum atomic E-state index is -1.17. The molecule has 4 aromatic carbocycles. The van der Waals surface area contributed by atoms with Gasteiger partial charge in [-0.2, -0.15) is 0 Å². The van der Waals surface area contributed by atoms with Crippen LogP contribution in [0.2, 0.25) is 0 Å². The summed E-state index contributed by atoms with van der Waals surface area (Å²) in [5, 5.41) is 3.09. The summed E-state index contributed by atoms with van der Waals surface area (Å²) in [4.78, 5) is 27.5. The van der Waals surface area contributed by atoms with Crippen LogP contribution in [0, 0.1) is 13.8 Å². The molecular weight excluding hydrogens is 446 g/mol. The molecule has 1 amide bonds. The Morgan fingerprint density at radius 3 is 1.50 bits per heavy atom. The standard InChI is InChI=1S/C32H31NO3/c1-23-14-13-15-24(2)28(23)22-29(30(34)36-3)33-31(35)32(25-16-7-4-8-17-25,26-18-9-5-10-19-26)27-20-11-6-12-21-27/h4-21,29H,22H2,1-3H3,(H,33,35)/t29-/m0/s1. The molecule has 0 bridgehead atoms. The van der Waals surface area contributed by atoms with Crippen LogP contribution in [0.5, 0.6) is 0 Å². The Kier molecular flexibility index (Phi) is 7.65. The highest BCUT2D eigenvalue weighted by atomic mass is 16.5. The Hall–Kier alpha value is -4.18. The van der Waals surface area contributed by atoms with Gasteiger partial charge in [-0.3, -0.25) is 4.79 Å². The summed E-state index contributed by atoms with van der Waals surface area (Å²) in [6.45, 7) is 4.03. The van der Waals surface area contributed by atoms with Crippen LogP contribution in [0.1, 0.15) is 33.4 Å². The highest BCUT2D eigenvalue weighted by Crippen LogP contribution is 2.39. The molecule has 4 nitrogen and oxygen atoms in total. The number of benzene rings is 4. The summed E-state index contributed by atoms with van der Waals surface area (Å²) in [5.74, 6) is -0.762. The van der Waals surface area contributed by atoms with Gasteiger partial charge in [0.15, 0.2) is 0 Å². The van der Waals surface area contributed by atoms with Gasteiger partial charge < -0.3 is 10.1 Å². The monoisotopic (exact) mass is 477 g/mol. The van der Waals surface area contributed by atoms with E-state index in [1.165, 1.54) is 7.11 Å². The second-order valence-corrected chi connectivity index (χ2v) is 8.97. The summed E-state index contributed by atoms with van der Waals surface area (Å²) >= 11 is 0. The zero-order valence-corrected chi connectivity index (χ0v) is 20.9. The largest absolute Gasteiger partial charge is 0.467 e. The molecule has 4 aromatic rings. The molecule has 36 heavy (non-hydrogen) atoms. The van der Waals surface area contributed by atoms with Crippen LogP contribution in [0.15, 0.2) is 109 Å². The van der Waals surface area contributed by atoms with Gasteiger partial charge in [0.2, 0.25) is 5.91 Å². The van der Waals surface area contributed by atoms with E-state index in [2.05, 4.69) is 5.32 Å². The van der Waals surface area contributed by atoms with E-state index >= 15 is 0 Å². The van der Waals surface area contributed by atoms with Gasteiger partial charge in [-0.15, -0.1) is 0 Å². The smallest absolute Gasteiger partial charge is 0.328 e. The van der Waals surface area contributed by atoms with Crippen LogP contribution in [0.25, 0.3) is 0 Å². The Morgan fingerprint density at radius 2 is 1.11 bits per heavy atom. The van der Waals surface area contributed by atoms with Gasteiger partial charge in [0.05, 0.1) is 7.11 Å². The molecular formula is C32H31NO3. The zero-order valence-electron chi connectivity index (χ0n) is 20.9. The van der Waals surface area contributed by atoms with Crippen molar-refractivity contribution >= 4 is 11.9 Å². The molecule has 0 aliphatic heterocycles. The van der Waals surface area contributed by atoms with E-state index in [9.17, 15) is 9.59 Å². The maximum Gasteiger partial charge on any atom is 0.328 e. The minimum absolute atomic E-state index is 0.285. The molecule has 0 unspecified atom stereocenters. The van der Waals surface area contributed by atoms with E-state index in [0.29, 0.717) is 6.42 Å². The third kappa shape index (κ3) is 4.80. The number of hydrogen-bond donors (Lipinski definition) is 1. The molecule has 4 heteroatoms. The first-order valence-corrected chi connectivity index (χ1v) is 12.1. The second-order valence-electron chi connectivity index (χ2n) is 8.97. The van der Waals surface area contributed by atoms with Crippen molar-refractivity contribution in [2.75, 3.05) is 7.11 Å². The van der Waals surface area contributed by atoms with E-state index < -0.39 is 17.4 Å². The molecule has 0 saturated heterocycles. The molecule has 0 fully saturated rings. The van der Waals surface area contributed by atoms with Crippen molar-refractivity contribution in [2.24, 2.45) is 0 Å². The molecule has 0 saturated carbocycles. The van der Waals surface area contributed by atoms with E-state index in [4.69, 9.17) is 4.74 Å². The second kappa shape index (κ2) is 11.0. The summed E-state index contributed by atoms with van der Waals surface area (Å²) in [5.41, 5.74) is 4.44. The summed E-state index contributed by atoms with van der Waals surface area (Å²) in [6, 6.07) is 34.3. The highest BCUT2D eigenvalue weighted by molar-refractivity contribution is 5.98. The normalized spacial score (nSPS) is 12.0. The van der Waals surface area contributed by atoms with Crippen LogP contribution < -0.4 is 5.32 Å². The lowest BCUT2D eigenvalue weighted by molar-refractivity contribution is -0.145. The van der Waals surface area contributed by atoms with Crippen LogP contribution in [0.3, 0.4) is 0 Å². The van der Waals surface area contributed by atoms with Crippen LogP contribution in [-0.2, 0) is 26.2 Å². The van der Waals surface area contributed by atoms with E-state index in [-0.39, 0.29) is 5.91 Å². The van der Waals surface area contributed by atoms with E-state index in [1.807, 2.05) is 123 Å². The summed E-state index contributed by atoms with van der Waals surface area (Å²) in [7, 11) is 1.35. The summed E-state index contributed by atoms with van der Waals surface area (Å²) < 4.78 is 5.14. The van der Waals surface area contributed by atoms with Gasteiger partial charge in [0.25, 0.3) is 0 Å². The van der Waals surface area contributed by atoms with Crippen LogP contribution in [-0.4, -0.2) is 25.0 Å². The van der Waals surface area contributed by atoms with Crippen molar-refractivity contribution in [1.82, 2.24) is 5.32 Å². The fraction of sp³-hybridized carbons (Fsp3) is 0.188. The van der Waals surface area contributed by atoms with Crippen LogP contribution >= 0.6 is 0 Å². The Morgan fingerprint density at radius 1 is 0.694 bits per heavy atom. The predicted octanol–water partition coefficient (Wildman–Crippen LogP) is 5.54. The average Bonchev–Trinajstić information content (AvgIpc) is 2.92. The van der Waals surface area contributed by atoms with Gasteiger partial charge in [0, 0.05) is 6.42 Å². The van der Waals surface area contributed by atoms with Gasteiger partial charge in [-0.25, -0.2) is 4.79 Å². The number of hydrogen-bond acceptors (Lipinski definition) is 3. The van der Waals surface area contributed by atoms with Gasteiger partial charge in [-0.05, 0) is 47.2 Å². The number of esters is 1. The zero-order chi connectivity index (χ0) is 25.5. The third-order valence-electron chi connectivity index (χ3n) is 6.80. The fourth-order valence-corrected chi connectivity index (χ4v) is 4.93. The molecule has 0 aromatic heterocycles. The Balaban J connectivity index is 1.87. The topological polar surface area (TPSA) is 55.4 Å². The maximum atomic E-state index is 14.5. The SMILES string of the molecule is COC(=O)[C@H](Cc1c(C)cccc1C)NC(=O)C(c1ccccc1)(c1ccccc1)c1ccccc1. The Labute approximate surface area is 213 Å². The van der Waals surface area contributed by atoms with Crippen molar-refractivity contribution < 1.29 is 14.3 Å². The first-order valence-electron chi connectivity index (χ1n) is 12.1. The fourth-order valence-electron chi connectivity index (χ4n) is 4.93. The first kappa shape index (κ1) is 24.9. The number of methoxy groups -OCH3 is 1. The lowest BCUT2D eigenvalue weighted by atomic mass is 9.68. The lowest BCUT2D eigenvalue weighted by Gasteiger charge is -2.35. The molecule has 0 aliphatic carbocycles. The predicted molar refractivity (Wildman–Crippen MR) is 143 cm³/mol. The van der Waals surface area contributed by atoms with Gasteiger partial charge in [-0.1, -0.05) is 109 Å². The molecule has 1 N–H and O–H groups in total. The van der Waals surface area contributed by atoms with Crippen molar-refractivity contribution in [1.29, 1.82) is 0 Å². The molecule has 0 aliphatic rings. The van der Waals surface area contributed by atoms with E-state index in [0.717, 1.165) is 33.4 Å². The van der Waals surface area contributed by atoms with Crippen molar-refractivity contribution in [3.8, 4) is 0 Å². The number of carbonyl (C=O) groups is 2.